The van der Waals surface area contributed by atoms with Gasteiger partial charge in [0.15, 0.2) is 0 Å². The number of halogens is 1. The van der Waals surface area contributed by atoms with Gasteiger partial charge in [0.2, 0.25) is 5.89 Å². The molecule has 0 saturated carbocycles. The summed E-state index contributed by atoms with van der Waals surface area (Å²) >= 11 is 5.80. The van der Waals surface area contributed by atoms with E-state index in [0.29, 0.717) is 28.9 Å². The molecule has 1 heterocycles. The number of carbonyl (C=O) groups is 1. The van der Waals surface area contributed by atoms with Crippen molar-refractivity contribution in [3.8, 4) is 11.5 Å². The largest absolute Gasteiger partial charge is 0.444 e. The van der Waals surface area contributed by atoms with E-state index in [9.17, 15) is 4.79 Å². The zero-order valence-electron chi connectivity index (χ0n) is 13.1. The lowest BCUT2D eigenvalue weighted by Crippen LogP contribution is -2.27. The van der Waals surface area contributed by atoms with Crippen LogP contribution in [0.25, 0.3) is 11.5 Å². The van der Waals surface area contributed by atoms with Crippen molar-refractivity contribution in [3.05, 3.63) is 35.7 Å². The number of nitrogens with zero attached hydrogens (tertiary/aromatic N) is 1. The maximum atomic E-state index is 11.8. The van der Waals surface area contributed by atoms with E-state index < -0.39 is 11.7 Å². The van der Waals surface area contributed by atoms with Crippen LogP contribution in [0.1, 0.15) is 32.2 Å². The molecule has 1 amide bonds. The maximum absolute atomic E-state index is 11.8. The summed E-state index contributed by atoms with van der Waals surface area (Å²) in [7, 11) is 0. The predicted molar refractivity (Wildman–Crippen MR) is 86.1 cm³/mol. The second-order valence-electron chi connectivity index (χ2n) is 5.86. The molecular weight excluding hydrogens is 304 g/mol. The van der Waals surface area contributed by atoms with Crippen molar-refractivity contribution in [2.45, 2.75) is 39.2 Å². The smallest absolute Gasteiger partial charge is 0.412 e. The van der Waals surface area contributed by atoms with Gasteiger partial charge >= 0.3 is 6.09 Å². The SMILES string of the molecule is Cc1oc(-c2cccc(NC(=O)OC(C)(C)C)c2)nc1CCl. The van der Waals surface area contributed by atoms with Gasteiger partial charge in [-0.2, -0.15) is 0 Å². The van der Waals surface area contributed by atoms with Gasteiger partial charge in [-0.05, 0) is 45.9 Å². The summed E-state index contributed by atoms with van der Waals surface area (Å²) in [4.78, 5) is 16.1. The Morgan fingerprint density at radius 2 is 2.14 bits per heavy atom. The number of benzene rings is 1. The number of hydrogen-bond acceptors (Lipinski definition) is 4. The number of alkyl halides is 1. The second kappa shape index (κ2) is 6.40. The van der Waals surface area contributed by atoms with E-state index in [4.69, 9.17) is 20.8 Å². The van der Waals surface area contributed by atoms with Gasteiger partial charge in [-0.3, -0.25) is 5.32 Å². The number of hydrogen-bond donors (Lipinski definition) is 1. The Labute approximate surface area is 134 Å². The van der Waals surface area contributed by atoms with E-state index in [1.807, 2.05) is 39.8 Å². The Balaban J connectivity index is 2.17. The lowest BCUT2D eigenvalue weighted by atomic mass is 10.2. The highest BCUT2D eigenvalue weighted by Crippen LogP contribution is 2.25. The number of oxazole rings is 1. The fourth-order valence-corrected chi connectivity index (χ4v) is 2.07. The van der Waals surface area contributed by atoms with E-state index in [-0.39, 0.29) is 0 Å². The third-order valence-electron chi connectivity index (χ3n) is 2.77. The van der Waals surface area contributed by atoms with Gasteiger partial charge in [0.05, 0.1) is 11.6 Å². The molecule has 1 aromatic heterocycles. The van der Waals surface area contributed by atoms with E-state index in [2.05, 4.69) is 10.3 Å². The predicted octanol–water partition coefficient (Wildman–Crippen LogP) is 4.74. The van der Waals surface area contributed by atoms with Crippen molar-refractivity contribution < 1.29 is 13.9 Å². The van der Waals surface area contributed by atoms with Crippen LogP contribution < -0.4 is 5.32 Å². The standard InChI is InChI=1S/C16H19ClN2O3/c1-10-13(9-17)19-14(21-10)11-6-5-7-12(8-11)18-15(20)22-16(2,3)4/h5-8H,9H2,1-4H3,(H,18,20). The number of rotatable bonds is 3. The fraction of sp³-hybridized carbons (Fsp3) is 0.375. The van der Waals surface area contributed by atoms with Crippen LogP contribution in [-0.4, -0.2) is 16.7 Å². The van der Waals surface area contributed by atoms with Crippen LogP contribution in [0, 0.1) is 6.92 Å². The average Bonchev–Trinajstić information content (AvgIpc) is 2.78. The van der Waals surface area contributed by atoms with E-state index in [1.54, 1.807) is 12.1 Å². The molecule has 1 aromatic carbocycles. The van der Waals surface area contributed by atoms with Crippen LogP contribution in [0.5, 0.6) is 0 Å². The van der Waals surface area contributed by atoms with Crippen molar-refractivity contribution in [3.63, 3.8) is 0 Å². The molecule has 22 heavy (non-hydrogen) atoms. The molecule has 118 valence electrons. The Bertz CT molecular complexity index is 674. The third kappa shape index (κ3) is 4.24. The fourth-order valence-electron chi connectivity index (χ4n) is 1.83. The molecule has 0 radical (unpaired) electrons. The van der Waals surface area contributed by atoms with Gasteiger partial charge in [0.25, 0.3) is 0 Å². The Hall–Kier alpha value is -2.01. The minimum absolute atomic E-state index is 0.297. The zero-order valence-corrected chi connectivity index (χ0v) is 13.8. The first-order valence-corrected chi connectivity index (χ1v) is 7.44. The van der Waals surface area contributed by atoms with Gasteiger partial charge in [-0.1, -0.05) is 6.07 Å². The molecule has 0 fully saturated rings. The molecule has 2 rings (SSSR count). The lowest BCUT2D eigenvalue weighted by Gasteiger charge is -2.19. The Morgan fingerprint density at radius 3 is 2.73 bits per heavy atom. The van der Waals surface area contributed by atoms with Crippen molar-refractivity contribution in [2.75, 3.05) is 5.32 Å². The summed E-state index contributed by atoms with van der Waals surface area (Å²) in [6.07, 6.45) is -0.505. The third-order valence-corrected chi connectivity index (χ3v) is 3.03. The van der Waals surface area contributed by atoms with Crippen molar-refractivity contribution in [1.29, 1.82) is 0 Å². The molecule has 0 atom stereocenters. The van der Waals surface area contributed by atoms with Gasteiger partial charge in [-0.15, -0.1) is 11.6 Å². The maximum Gasteiger partial charge on any atom is 0.412 e. The Kier molecular flexibility index (Phi) is 4.76. The average molecular weight is 323 g/mol. The monoisotopic (exact) mass is 322 g/mol. The molecule has 0 spiro atoms. The number of ether oxygens (including phenoxy) is 1. The molecule has 0 aliphatic carbocycles. The van der Waals surface area contributed by atoms with E-state index in [0.717, 1.165) is 5.56 Å². The molecule has 2 aromatic rings. The van der Waals surface area contributed by atoms with Crippen molar-refractivity contribution in [2.24, 2.45) is 0 Å². The highest BCUT2D eigenvalue weighted by Gasteiger charge is 2.17. The van der Waals surface area contributed by atoms with Crippen LogP contribution in [0.2, 0.25) is 0 Å². The number of aryl methyl sites for hydroxylation is 1. The van der Waals surface area contributed by atoms with Gasteiger partial charge < -0.3 is 9.15 Å². The minimum atomic E-state index is -0.545. The topological polar surface area (TPSA) is 64.4 Å². The highest BCUT2D eigenvalue weighted by atomic mass is 35.5. The van der Waals surface area contributed by atoms with Crippen molar-refractivity contribution >= 4 is 23.4 Å². The molecule has 6 heteroatoms. The normalized spacial score (nSPS) is 11.3. The van der Waals surface area contributed by atoms with Gasteiger partial charge in [0.1, 0.15) is 11.4 Å². The summed E-state index contributed by atoms with van der Waals surface area (Å²) in [5, 5.41) is 2.69. The first kappa shape index (κ1) is 16.4. The van der Waals surface area contributed by atoms with E-state index in [1.165, 1.54) is 0 Å². The number of nitrogens with one attached hydrogen (secondary N) is 1. The Morgan fingerprint density at radius 1 is 1.41 bits per heavy atom. The van der Waals surface area contributed by atoms with E-state index >= 15 is 0 Å². The second-order valence-corrected chi connectivity index (χ2v) is 6.13. The highest BCUT2D eigenvalue weighted by molar-refractivity contribution is 6.17. The summed E-state index contributed by atoms with van der Waals surface area (Å²) in [6.45, 7) is 7.25. The van der Waals surface area contributed by atoms with Crippen molar-refractivity contribution in [1.82, 2.24) is 4.98 Å². The quantitative estimate of drug-likeness (QED) is 0.829. The summed E-state index contributed by atoms with van der Waals surface area (Å²) in [5.74, 6) is 1.46. The minimum Gasteiger partial charge on any atom is -0.444 e. The van der Waals surface area contributed by atoms with Gasteiger partial charge in [0, 0.05) is 11.3 Å². The molecule has 0 unspecified atom stereocenters. The molecule has 5 nitrogen and oxygen atoms in total. The summed E-state index contributed by atoms with van der Waals surface area (Å²) in [5.41, 5.74) is 1.53. The number of carbonyl (C=O) groups excluding carboxylic acids is 1. The first-order chi connectivity index (χ1) is 10.3. The lowest BCUT2D eigenvalue weighted by molar-refractivity contribution is 0.0636. The molecule has 0 aliphatic rings. The van der Waals surface area contributed by atoms with Crippen LogP contribution in [-0.2, 0) is 10.6 Å². The van der Waals surface area contributed by atoms with Crippen LogP contribution in [0.15, 0.2) is 28.7 Å². The van der Waals surface area contributed by atoms with Crippen LogP contribution in [0.4, 0.5) is 10.5 Å². The number of aromatic nitrogens is 1. The van der Waals surface area contributed by atoms with Crippen LogP contribution in [0.3, 0.4) is 0 Å². The zero-order chi connectivity index (χ0) is 16.3. The molecule has 0 aliphatic heterocycles. The molecule has 1 N–H and O–H groups in total. The van der Waals surface area contributed by atoms with Crippen LogP contribution >= 0.6 is 11.6 Å². The molecule has 0 bridgehead atoms. The number of anilines is 1. The summed E-state index contributed by atoms with van der Waals surface area (Å²) in [6, 6.07) is 7.20. The summed E-state index contributed by atoms with van der Waals surface area (Å²) < 4.78 is 10.8. The molecule has 0 saturated heterocycles. The molecular formula is C16H19ClN2O3. The first-order valence-electron chi connectivity index (χ1n) is 6.91. The number of amides is 1. The van der Waals surface area contributed by atoms with Gasteiger partial charge in [-0.25, -0.2) is 9.78 Å².